The Morgan fingerprint density at radius 1 is 0.450 bits per heavy atom. The second kappa shape index (κ2) is 13.3. The number of aliphatic imine (C=N–C) groups is 4. The molecule has 8 heteroatoms. The van der Waals surface area contributed by atoms with E-state index in [1.54, 1.807) is 0 Å². The van der Waals surface area contributed by atoms with Gasteiger partial charge in [-0.2, -0.15) is 0 Å². The van der Waals surface area contributed by atoms with E-state index < -0.39 is 0 Å². The van der Waals surface area contributed by atoms with Crippen molar-refractivity contribution in [3.8, 4) is 0 Å². The van der Waals surface area contributed by atoms with E-state index in [-0.39, 0.29) is 0 Å². The maximum Gasteiger partial charge on any atom is 0.169 e. The van der Waals surface area contributed by atoms with Gasteiger partial charge in [0.05, 0.1) is 26.2 Å². The summed E-state index contributed by atoms with van der Waals surface area (Å²) in [6, 6.07) is 0. The second-order valence-corrected chi connectivity index (χ2v) is 3.53. The molecule has 20 heavy (non-hydrogen) atoms. The highest BCUT2D eigenvalue weighted by Crippen LogP contribution is 1.80. The Kier molecular flexibility index (Phi) is 10.6. The van der Waals surface area contributed by atoms with Crippen molar-refractivity contribution in [3.05, 3.63) is 0 Å². The van der Waals surface area contributed by atoms with Crippen molar-refractivity contribution in [3.63, 3.8) is 0 Å². The van der Waals surface area contributed by atoms with Crippen LogP contribution in [0.3, 0.4) is 0 Å². The number of hydrogen-bond acceptors (Lipinski definition) is 8. The van der Waals surface area contributed by atoms with Crippen LogP contribution in [-0.4, -0.2) is 78.2 Å². The number of nitrogens with zero attached hydrogens (tertiary/aromatic N) is 4. The van der Waals surface area contributed by atoms with Crippen LogP contribution in [-0.2, 0) is 18.9 Å². The highest BCUT2D eigenvalue weighted by molar-refractivity contribution is 5.48. The smallest absolute Gasteiger partial charge is 0.169 e. The molecule has 0 radical (unpaired) electrons. The Labute approximate surface area is 118 Å². The van der Waals surface area contributed by atoms with Crippen molar-refractivity contribution in [2.24, 2.45) is 20.0 Å². The summed E-state index contributed by atoms with van der Waals surface area (Å²) < 4.78 is 18.6. The van der Waals surface area contributed by atoms with Crippen molar-refractivity contribution >= 4 is 25.6 Å². The third-order valence-corrected chi connectivity index (χ3v) is 1.95. The maximum absolute atomic E-state index is 4.65. The fourth-order valence-electron chi connectivity index (χ4n) is 1.05. The molecule has 0 N–H and O–H groups in total. The third kappa shape index (κ3) is 11.0. The molecule has 4 aliphatic rings. The molecule has 112 valence electrons. The molecule has 0 atom stereocenters. The van der Waals surface area contributed by atoms with Crippen LogP contribution in [0.1, 0.15) is 0 Å². The molecule has 0 fully saturated rings. The van der Waals surface area contributed by atoms with Gasteiger partial charge in [0.15, 0.2) is 25.6 Å². The summed E-state index contributed by atoms with van der Waals surface area (Å²) >= 11 is 0. The Morgan fingerprint density at radius 3 is 0.750 bits per heavy atom. The van der Waals surface area contributed by atoms with E-state index in [9.17, 15) is 0 Å². The summed E-state index contributed by atoms with van der Waals surface area (Å²) in [4.78, 5) is 14.9. The molecule has 4 rings (SSSR count). The van der Waals surface area contributed by atoms with Crippen molar-refractivity contribution in [1.82, 2.24) is 0 Å². The number of hydrogen-bond donors (Lipinski definition) is 0. The quantitative estimate of drug-likeness (QED) is 0.635. The van der Waals surface area contributed by atoms with Crippen LogP contribution in [0.2, 0.25) is 0 Å². The largest absolute Gasteiger partial charge is 0.482 e. The zero-order chi connectivity index (χ0) is 14.1. The first-order valence-electron chi connectivity index (χ1n) is 6.40. The topological polar surface area (TPSA) is 86.4 Å². The van der Waals surface area contributed by atoms with Crippen LogP contribution in [0.15, 0.2) is 20.0 Å². The highest BCUT2D eigenvalue weighted by atomic mass is 16.5. The van der Waals surface area contributed by atoms with E-state index in [0.717, 1.165) is 52.6 Å². The first-order chi connectivity index (χ1) is 10.0. The lowest BCUT2D eigenvalue weighted by Crippen LogP contribution is -1.80. The van der Waals surface area contributed by atoms with Gasteiger partial charge in [0.2, 0.25) is 0 Å². The van der Waals surface area contributed by atoms with Crippen molar-refractivity contribution in [2.45, 2.75) is 0 Å². The molecule has 0 bridgehead atoms. The molecule has 0 saturated heterocycles. The lowest BCUT2D eigenvalue weighted by molar-refractivity contribution is 0.361. The third-order valence-electron chi connectivity index (χ3n) is 1.95. The molecule has 0 aromatic rings. The Bertz CT molecular complexity index is 243. The molecule has 0 unspecified atom stereocenters. The van der Waals surface area contributed by atoms with E-state index in [1.165, 1.54) is 25.6 Å². The summed E-state index contributed by atoms with van der Waals surface area (Å²) in [5, 5.41) is 0. The monoisotopic (exact) mass is 284 g/mol. The lowest BCUT2D eigenvalue weighted by atomic mass is 10.8. The summed E-state index contributed by atoms with van der Waals surface area (Å²) in [5.74, 6) is 0. The molecule has 4 aliphatic heterocycles. The first-order valence-corrected chi connectivity index (χ1v) is 6.40. The van der Waals surface area contributed by atoms with Gasteiger partial charge < -0.3 is 18.9 Å². The maximum atomic E-state index is 4.65. The molecular weight excluding hydrogens is 264 g/mol. The van der Waals surface area contributed by atoms with Crippen molar-refractivity contribution in [2.75, 3.05) is 52.6 Å². The van der Waals surface area contributed by atoms with Crippen LogP contribution in [0.25, 0.3) is 0 Å². The molecule has 0 aliphatic carbocycles. The van der Waals surface area contributed by atoms with Crippen molar-refractivity contribution in [1.29, 1.82) is 0 Å². The Balaban J connectivity index is 0.000000133. The molecule has 8 nitrogen and oxygen atoms in total. The SMILES string of the molecule is C1=NCCO1.C1=NCCO1.C1=NCCO1.C1=NCCO1. The first kappa shape index (κ1) is 15.9. The molecular formula is C12H20N4O4. The second-order valence-electron chi connectivity index (χ2n) is 3.53. The van der Waals surface area contributed by atoms with Gasteiger partial charge in [-0.05, 0) is 0 Å². The molecule has 4 heterocycles. The van der Waals surface area contributed by atoms with Crippen LogP contribution < -0.4 is 0 Å². The molecule has 0 aromatic heterocycles. The fraction of sp³-hybridized carbons (Fsp3) is 0.667. The zero-order valence-electron chi connectivity index (χ0n) is 11.4. The molecule has 0 spiro atoms. The lowest BCUT2D eigenvalue weighted by Gasteiger charge is -1.76. The zero-order valence-corrected chi connectivity index (χ0v) is 11.4. The average Bonchev–Trinajstić information content (AvgIpc) is 3.40. The van der Waals surface area contributed by atoms with Gasteiger partial charge in [0, 0.05) is 0 Å². The van der Waals surface area contributed by atoms with Crippen LogP contribution in [0, 0.1) is 0 Å². The van der Waals surface area contributed by atoms with Gasteiger partial charge in [0.25, 0.3) is 0 Å². The summed E-state index contributed by atoms with van der Waals surface area (Å²) in [6.45, 7) is 6.50. The normalized spacial score (nSPS) is 19.2. The van der Waals surface area contributed by atoms with E-state index in [2.05, 4.69) is 38.9 Å². The van der Waals surface area contributed by atoms with Gasteiger partial charge in [-0.25, -0.2) is 0 Å². The predicted molar refractivity (Wildman–Crippen MR) is 77.2 cm³/mol. The van der Waals surface area contributed by atoms with Crippen LogP contribution in [0.4, 0.5) is 0 Å². The van der Waals surface area contributed by atoms with Crippen LogP contribution >= 0.6 is 0 Å². The summed E-state index contributed by atoms with van der Waals surface area (Å²) in [6.07, 6.45) is 5.94. The Morgan fingerprint density at radius 2 is 0.700 bits per heavy atom. The number of rotatable bonds is 0. The average molecular weight is 284 g/mol. The van der Waals surface area contributed by atoms with Gasteiger partial charge in [-0.1, -0.05) is 0 Å². The minimum absolute atomic E-state index is 0.778. The van der Waals surface area contributed by atoms with E-state index in [0.29, 0.717) is 0 Å². The molecule has 0 saturated carbocycles. The minimum atomic E-state index is 0.778. The highest BCUT2D eigenvalue weighted by Gasteiger charge is 1.86. The predicted octanol–water partition coefficient (Wildman–Crippen LogP) is 0.180. The van der Waals surface area contributed by atoms with E-state index in [4.69, 9.17) is 0 Å². The summed E-state index contributed by atoms with van der Waals surface area (Å²) in [5.41, 5.74) is 0. The van der Waals surface area contributed by atoms with E-state index >= 15 is 0 Å². The van der Waals surface area contributed by atoms with Gasteiger partial charge >= 0.3 is 0 Å². The van der Waals surface area contributed by atoms with Crippen molar-refractivity contribution < 1.29 is 18.9 Å². The molecule has 0 amide bonds. The summed E-state index contributed by atoms with van der Waals surface area (Å²) in [7, 11) is 0. The standard InChI is InChI=1S/4C3H5NO/c4*1-2-5-3-4-1/h4*3H,1-2H2. The Hall–Kier alpha value is -2.12. The van der Waals surface area contributed by atoms with Gasteiger partial charge in [0.1, 0.15) is 26.4 Å². The number of ether oxygens (including phenoxy) is 4. The molecule has 0 aromatic carbocycles. The minimum Gasteiger partial charge on any atom is -0.482 e. The van der Waals surface area contributed by atoms with E-state index in [1.807, 2.05) is 0 Å². The fourth-order valence-corrected chi connectivity index (χ4v) is 1.05. The van der Waals surface area contributed by atoms with Gasteiger partial charge in [-0.3, -0.25) is 20.0 Å². The van der Waals surface area contributed by atoms with Gasteiger partial charge in [-0.15, -0.1) is 0 Å². The van der Waals surface area contributed by atoms with Crippen LogP contribution in [0.5, 0.6) is 0 Å².